The summed E-state index contributed by atoms with van der Waals surface area (Å²) in [7, 11) is 0. The normalized spacial score (nSPS) is 10.7. The Labute approximate surface area is 131 Å². The summed E-state index contributed by atoms with van der Waals surface area (Å²) < 4.78 is 18.1. The number of benzene rings is 1. The standard InChI is InChI=1S/C16H15FN4O2/c17-8-13(22)21-12-9-18-15-14(12)16(20-10-19-15)23-7-6-11-4-2-1-3-5-11/h1-5,9-10H,6-8H2,(H,21,22)(H,18,19,20). The number of carbonyl (C=O) groups is 1. The van der Waals surface area contributed by atoms with Crippen molar-refractivity contribution in [2.24, 2.45) is 0 Å². The number of anilines is 1. The number of hydrogen-bond donors (Lipinski definition) is 2. The Morgan fingerprint density at radius 2 is 2.09 bits per heavy atom. The summed E-state index contributed by atoms with van der Waals surface area (Å²) >= 11 is 0. The first-order valence-corrected chi connectivity index (χ1v) is 7.12. The molecular weight excluding hydrogens is 299 g/mol. The van der Waals surface area contributed by atoms with E-state index in [0.717, 1.165) is 12.0 Å². The van der Waals surface area contributed by atoms with E-state index in [0.29, 0.717) is 29.2 Å². The van der Waals surface area contributed by atoms with Crippen molar-refractivity contribution in [3.63, 3.8) is 0 Å². The summed E-state index contributed by atoms with van der Waals surface area (Å²) in [5.41, 5.74) is 2.07. The smallest absolute Gasteiger partial charge is 0.255 e. The van der Waals surface area contributed by atoms with E-state index in [-0.39, 0.29) is 0 Å². The Morgan fingerprint density at radius 3 is 2.87 bits per heavy atom. The molecule has 3 rings (SSSR count). The molecule has 0 aliphatic rings. The van der Waals surface area contributed by atoms with E-state index >= 15 is 0 Å². The van der Waals surface area contributed by atoms with E-state index in [9.17, 15) is 9.18 Å². The van der Waals surface area contributed by atoms with Crippen LogP contribution in [0.15, 0.2) is 42.9 Å². The maximum Gasteiger partial charge on any atom is 0.255 e. The van der Waals surface area contributed by atoms with Gasteiger partial charge in [0.15, 0.2) is 6.67 Å². The molecule has 6 nitrogen and oxygen atoms in total. The molecule has 3 aromatic rings. The van der Waals surface area contributed by atoms with Crippen LogP contribution in [0.5, 0.6) is 5.88 Å². The average molecular weight is 314 g/mol. The molecule has 0 saturated heterocycles. The van der Waals surface area contributed by atoms with Gasteiger partial charge in [0.05, 0.1) is 12.3 Å². The zero-order chi connectivity index (χ0) is 16.1. The van der Waals surface area contributed by atoms with Crippen LogP contribution in [-0.4, -0.2) is 34.1 Å². The fourth-order valence-corrected chi connectivity index (χ4v) is 2.24. The highest BCUT2D eigenvalue weighted by atomic mass is 19.1. The largest absolute Gasteiger partial charge is 0.477 e. The lowest BCUT2D eigenvalue weighted by molar-refractivity contribution is -0.117. The molecule has 23 heavy (non-hydrogen) atoms. The molecule has 2 aromatic heterocycles. The summed E-state index contributed by atoms with van der Waals surface area (Å²) in [4.78, 5) is 22.3. The molecule has 1 amide bonds. The van der Waals surface area contributed by atoms with Gasteiger partial charge in [-0.2, -0.15) is 0 Å². The Morgan fingerprint density at radius 1 is 1.26 bits per heavy atom. The van der Waals surface area contributed by atoms with E-state index < -0.39 is 12.6 Å². The fourth-order valence-electron chi connectivity index (χ4n) is 2.24. The van der Waals surface area contributed by atoms with Gasteiger partial charge in [-0.1, -0.05) is 30.3 Å². The zero-order valence-electron chi connectivity index (χ0n) is 12.3. The lowest BCUT2D eigenvalue weighted by atomic mass is 10.2. The van der Waals surface area contributed by atoms with Crippen LogP contribution in [0.1, 0.15) is 5.56 Å². The van der Waals surface area contributed by atoms with Crippen LogP contribution in [-0.2, 0) is 11.2 Å². The van der Waals surface area contributed by atoms with Crippen molar-refractivity contribution in [1.29, 1.82) is 0 Å². The number of ether oxygens (including phenoxy) is 1. The molecule has 0 saturated carbocycles. The Kier molecular flexibility index (Phi) is 4.46. The average Bonchev–Trinajstić information content (AvgIpc) is 2.99. The third-order valence-electron chi connectivity index (χ3n) is 3.30. The number of fused-ring (bicyclic) bond motifs is 1. The molecule has 118 valence electrons. The van der Waals surface area contributed by atoms with E-state index in [1.807, 2.05) is 30.3 Å². The summed E-state index contributed by atoms with van der Waals surface area (Å²) in [6, 6.07) is 9.92. The minimum absolute atomic E-state index is 0.348. The highest BCUT2D eigenvalue weighted by Gasteiger charge is 2.14. The molecule has 0 aliphatic carbocycles. The van der Waals surface area contributed by atoms with Gasteiger partial charge in [-0.25, -0.2) is 14.4 Å². The van der Waals surface area contributed by atoms with E-state index in [1.165, 1.54) is 12.5 Å². The molecule has 2 N–H and O–H groups in total. The SMILES string of the molecule is O=C(CF)Nc1c[nH]c2ncnc(OCCc3ccccc3)c12. The lowest BCUT2D eigenvalue weighted by Gasteiger charge is -2.08. The number of hydrogen-bond acceptors (Lipinski definition) is 4. The number of nitrogens with one attached hydrogen (secondary N) is 2. The van der Waals surface area contributed by atoms with Crippen LogP contribution in [0.4, 0.5) is 10.1 Å². The molecule has 7 heteroatoms. The van der Waals surface area contributed by atoms with Crippen molar-refractivity contribution in [2.45, 2.75) is 6.42 Å². The third-order valence-corrected chi connectivity index (χ3v) is 3.30. The summed E-state index contributed by atoms with van der Waals surface area (Å²) in [5, 5.41) is 2.99. The molecule has 1 aromatic carbocycles. The predicted molar refractivity (Wildman–Crippen MR) is 84.1 cm³/mol. The number of H-pyrrole nitrogens is 1. The first kappa shape index (κ1) is 15.0. The maximum atomic E-state index is 12.4. The van der Waals surface area contributed by atoms with Gasteiger partial charge in [0.25, 0.3) is 5.91 Å². The Bertz CT molecular complexity index is 804. The monoisotopic (exact) mass is 314 g/mol. The van der Waals surface area contributed by atoms with Gasteiger partial charge < -0.3 is 15.0 Å². The molecule has 0 spiro atoms. The van der Waals surface area contributed by atoms with E-state index in [4.69, 9.17) is 4.74 Å². The predicted octanol–water partition coefficient (Wildman–Crippen LogP) is 2.49. The molecule has 0 unspecified atom stereocenters. The van der Waals surface area contributed by atoms with Crippen molar-refractivity contribution in [3.05, 3.63) is 48.4 Å². The first-order chi connectivity index (χ1) is 11.3. The van der Waals surface area contributed by atoms with Gasteiger partial charge in [-0.3, -0.25) is 4.79 Å². The number of aromatic amines is 1. The van der Waals surface area contributed by atoms with Crippen LogP contribution in [0.3, 0.4) is 0 Å². The van der Waals surface area contributed by atoms with Gasteiger partial charge in [-0.15, -0.1) is 0 Å². The minimum atomic E-state index is -1.09. The molecule has 0 radical (unpaired) electrons. The van der Waals surface area contributed by atoms with Gasteiger partial charge in [0.2, 0.25) is 5.88 Å². The highest BCUT2D eigenvalue weighted by molar-refractivity contribution is 6.02. The number of amides is 1. The van der Waals surface area contributed by atoms with Crippen LogP contribution in [0, 0.1) is 0 Å². The molecule has 0 bridgehead atoms. The van der Waals surface area contributed by atoms with Crippen molar-refractivity contribution < 1.29 is 13.9 Å². The number of carbonyl (C=O) groups excluding carboxylic acids is 1. The molecule has 2 heterocycles. The first-order valence-electron chi connectivity index (χ1n) is 7.12. The second kappa shape index (κ2) is 6.87. The Hall–Kier alpha value is -2.96. The van der Waals surface area contributed by atoms with E-state index in [1.54, 1.807) is 0 Å². The maximum absolute atomic E-state index is 12.4. The van der Waals surface area contributed by atoms with Crippen LogP contribution in [0.2, 0.25) is 0 Å². The third kappa shape index (κ3) is 3.45. The van der Waals surface area contributed by atoms with Gasteiger partial charge in [-0.05, 0) is 5.56 Å². The zero-order valence-corrected chi connectivity index (χ0v) is 12.3. The van der Waals surface area contributed by atoms with Crippen LogP contribution in [0.25, 0.3) is 11.0 Å². The lowest BCUT2D eigenvalue weighted by Crippen LogP contribution is -2.13. The van der Waals surface area contributed by atoms with E-state index in [2.05, 4.69) is 20.3 Å². The second-order valence-electron chi connectivity index (χ2n) is 4.87. The van der Waals surface area contributed by atoms with Gasteiger partial charge >= 0.3 is 0 Å². The van der Waals surface area contributed by atoms with Crippen molar-refractivity contribution in [2.75, 3.05) is 18.6 Å². The quantitative estimate of drug-likeness (QED) is 0.732. The topological polar surface area (TPSA) is 79.9 Å². The number of nitrogens with zero attached hydrogens (tertiary/aromatic N) is 2. The Balaban J connectivity index is 1.77. The summed E-state index contributed by atoms with van der Waals surface area (Å²) in [6.07, 6.45) is 3.64. The van der Waals surface area contributed by atoms with Crippen LogP contribution >= 0.6 is 0 Å². The van der Waals surface area contributed by atoms with Crippen LogP contribution < -0.4 is 10.1 Å². The highest BCUT2D eigenvalue weighted by Crippen LogP contribution is 2.29. The van der Waals surface area contributed by atoms with Gasteiger partial charge in [0.1, 0.15) is 17.4 Å². The molecule has 0 atom stereocenters. The minimum Gasteiger partial charge on any atom is -0.477 e. The fraction of sp³-hybridized carbons (Fsp3) is 0.188. The summed E-state index contributed by atoms with van der Waals surface area (Å²) in [5.74, 6) is -0.383. The van der Waals surface area contributed by atoms with Crippen molar-refractivity contribution in [1.82, 2.24) is 15.0 Å². The summed E-state index contributed by atoms with van der Waals surface area (Å²) in [6.45, 7) is -0.664. The number of halogens is 1. The number of aromatic nitrogens is 3. The number of alkyl halides is 1. The molecule has 0 fully saturated rings. The van der Waals surface area contributed by atoms with Crippen molar-refractivity contribution in [3.8, 4) is 5.88 Å². The number of rotatable bonds is 6. The molecular formula is C16H15FN4O2. The molecule has 0 aliphatic heterocycles. The second-order valence-corrected chi connectivity index (χ2v) is 4.87. The van der Waals surface area contributed by atoms with Gasteiger partial charge in [0, 0.05) is 12.6 Å². The van der Waals surface area contributed by atoms with Crippen molar-refractivity contribution >= 4 is 22.6 Å².